The predicted octanol–water partition coefficient (Wildman–Crippen LogP) is 3.04. The van der Waals surface area contributed by atoms with Gasteiger partial charge in [0.2, 0.25) is 5.82 Å². The molecular formula is C16H14FN3O. The predicted molar refractivity (Wildman–Crippen MR) is 77.9 cm³/mol. The molecule has 2 N–H and O–H groups in total. The molecule has 0 saturated carbocycles. The van der Waals surface area contributed by atoms with Gasteiger partial charge in [-0.05, 0) is 42.8 Å². The van der Waals surface area contributed by atoms with Gasteiger partial charge in [0, 0.05) is 11.1 Å². The summed E-state index contributed by atoms with van der Waals surface area (Å²) in [6, 6.07) is 13.9. The topological polar surface area (TPSA) is 64.9 Å². The molecule has 5 heteroatoms. The average molecular weight is 283 g/mol. The summed E-state index contributed by atoms with van der Waals surface area (Å²) in [6.07, 6.45) is 0.832. The molecular weight excluding hydrogens is 269 g/mol. The Kier molecular flexibility index (Phi) is 3.75. The maximum absolute atomic E-state index is 13.2. The van der Waals surface area contributed by atoms with Crippen LogP contribution in [0.2, 0.25) is 0 Å². The Bertz CT molecular complexity index is 737. The molecule has 106 valence electrons. The number of halogens is 1. The first kappa shape index (κ1) is 13.5. The SMILES string of the molecule is NCCc1ccc(-c2nc(-c3cccc(F)c3)no2)cc1. The van der Waals surface area contributed by atoms with Crippen LogP contribution in [0.15, 0.2) is 53.1 Å². The molecule has 0 aliphatic heterocycles. The van der Waals surface area contributed by atoms with Crippen LogP contribution in [-0.4, -0.2) is 16.7 Å². The molecule has 0 saturated heterocycles. The van der Waals surface area contributed by atoms with Gasteiger partial charge >= 0.3 is 0 Å². The van der Waals surface area contributed by atoms with Crippen molar-refractivity contribution in [1.82, 2.24) is 10.1 Å². The van der Waals surface area contributed by atoms with Gasteiger partial charge in [-0.25, -0.2) is 4.39 Å². The van der Waals surface area contributed by atoms with Gasteiger partial charge < -0.3 is 10.3 Å². The molecule has 0 spiro atoms. The second kappa shape index (κ2) is 5.85. The maximum atomic E-state index is 13.2. The fourth-order valence-corrected chi connectivity index (χ4v) is 2.07. The second-order valence-corrected chi connectivity index (χ2v) is 4.67. The lowest BCUT2D eigenvalue weighted by Crippen LogP contribution is -2.02. The zero-order chi connectivity index (χ0) is 14.7. The van der Waals surface area contributed by atoms with Crippen LogP contribution in [0, 0.1) is 5.82 Å². The molecule has 1 heterocycles. The van der Waals surface area contributed by atoms with Crippen molar-refractivity contribution < 1.29 is 8.91 Å². The molecule has 0 amide bonds. The van der Waals surface area contributed by atoms with Gasteiger partial charge in [0.1, 0.15) is 5.82 Å². The van der Waals surface area contributed by atoms with Crippen LogP contribution in [0.4, 0.5) is 4.39 Å². The van der Waals surface area contributed by atoms with Gasteiger partial charge in [0.15, 0.2) is 0 Å². The lowest BCUT2D eigenvalue weighted by atomic mass is 10.1. The van der Waals surface area contributed by atoms with Crippen LogP contribution in [0.25, 0.3) is 22.8 Å². The Morgan fingerprint density at radius 2 is 1.86 bits per heavy atom. The number of hydrogen-bond acceptors (Lipinski definition) is 4. The van der Waals surface area contributed by atoms with Crippen molar-refractivity contribution in [1.29, 1.82) is 0 Å². The lowest BCUT2D eigenvalue weighted by molar-refractivity contribution is 0.432. The quantitative estimate of drug-likeness (QED) is 0.799. The highest BCUT2D eigenvalue weighted by Crippen LogP contribution is 2.22. The van der Waals surface area contributed by atoms with Gasteiger partial charge in [-0.3, -0.25) is 0 Å². The van der Waals surface area contributed by atoms with Crippen molar-refractivity contribution in [2.75, 3.05) is 6.54 Å². The molecule has 0 aliphatic rings. The van der Waals surface area contributed by atoms with Crippen molar-refractivity contribution >= 4 is 0 Å². The van der Waals surface area contributed by atoms with Gasteiger partial charge in [0.05, 0.1) is 0 Å². The third-order valence-electron chi connectivity index (χ3n) is 3.14. The van der Waals surface area contributed by atoms with E-state index in [0.717, 1.165) is 17.5 Å². The van der Waals surface area contributed by atoms with Gasteiger partial charge in [0.25, 0.3) is 5.89 Å². The van der Waals surface area contributed by atoms with E-state index >= 15 is 0 Å². The molecule has 0 radical (unpaired) electrons. The summed E-state index contributed by atoms with van der Waals surface area (Å²) >= 11 is 0. The standard InChI is InChI=1S/C16H14FN3O/c17-14-3-1-2-13(10-14)15-19-16(21-20-15)12-6-4-11(5-7-12)8-9-18/h1-7,10H,8-9,18H2. The third-order valence-corrected chi connectivity index (χ3v) is 3.14. The van der Waals surface area contributed by atoms with Crippen LogP contribution in [0.5, 0.6) is 0 Å². The van der Waals surface area contributed by atoms with E-state index in [1.165, 1.54) is 12.1 Å². The molecule has 1 aromatic heterocycles. The summed E-state index contributed by atoms with van der Waals surface area (Å²) in [5.41, 5.74) is 8.09. The molecule has 0 aliphatic carbocycles. The molecule has 3 rings (SSSR count). The first-order valence-electron chi connectivity index (χ1n) is 6.65. The van der Waals surface area contributed by atoms with Crippen LogP contribution >= 0.6 is 0 Å². The van der Waals surface area contributed by atoms with Crippen LogP contribution in [-0.2, 0) is 6.42 Å². The lowest BCUT2D eigenvalue weighted by Gasteiger charge is -1.99. The number of hydrogen-bond donors (Lipinski definition) is 1. The van der Waals surface area contributed by atoms with E-state index in [1.54, 1.807) is 12.1 Å². The van der Waals surface area contributed by atoms with E-state index in [1.807, 2.05) is 24.3 Å². The van der Waals surface area contributed by atoms with E-state index in [0.29, 0.717) is 23.8 Å². The summed E-state index contributed by atoms with van der Waals surface area (Å²) < 4.78 is 18.4. The van der Waals surface area contributed by atoms with E-state index < -0.39 is 0 Å². The van der Waals surface area contributed by atoms with Crippen molar-refractivity contribution in [3.05, 3.63) is 59.9 Å². The van der Waals surface area contributed by atoms with Crippen molar-refractivity contribution in [2.45, 2.75) is 6.42 Å². The number of nitrogens with two attached hydrogens (primary N) is 1. The normalized spacial score (nSPS) is 10.8. The van der Waals surface area contributed by atoms with Gasteiger partial charge in [-0.1, -0.05) is 29.4 Å². The first-order valence-corrected chi connectivity index (χ1v) is 6.65. The molecule has 2 aromatic carbocycles. The number of rotatable bonds is 4. The van der Waals surface area contributed by atoms with Crippen LogP contribution in [0.3, 0.4) is 0 Å². The summed E-state index contributed by atoms with van der Waals surface area (Å²) in [4.78, 5) is 4.30. The summed E-state index contributed by atoms with van der Waals surface area (Å²) in [5.74, 6) is 0.453. The molecule has 0 atom stereocenters. The summed E-state index contributed by atoms with van der Waals surface area (Å²) in [6.45, 7) is 0.615. The fourth-order valence-electron chi connectivity index (χ4n) is 2.07. The highest BCUT2D eigenvalue weighted by atomic mass is 19.1. The van der Waals surface area contributed by atoms with E-state index in [2.05, 4.69) is 10.1 Å². The number of nitrogens with zero attached hydrogens (tertiary/aromatic N) is 2. The minimum Gasteiger partial charge on any atom is -0.334 e. The Balaban J connectivity index is 1.87. The highest BCUT2D eigenvalue weighted by Gasteiger charge is 2.11. The van der Waals surface area contributed by atoms with Crippen molar-refractivity contribution in [3.63, 3.8) is 0 Å². The Morgan fingerprint density at radius 1 is 1.05 bits per heavy atom. The average Bonchev–Trinajstić information content (AvgIpc) is 2.98. The first-order chi connectivity index (χ1) is 10.3. The molecule has 21 heavy (non-hydrogen) atoms. The molecule has 0 fully saturated rings. The molecule has 0 bridgehead atoms. The van der Waals surface area contributed by atoms with Crippen LogP contribution in [0.1, 0.15) is 5.56 Å². The fraction of sp³-hybridized carbons (Fsp3) is 0.125. The Morgan fingerprint density at radius 3 is 2.57 bits per heavy atom. The van der Waals surface area contributed by atoms with Gasteiger partial charge in [-0.15, -0.1) is 0 Å². The largest absolute Gasteiger partial charge is 0.334 e. The zero-order valence-corrected chi connectivity index (χ0v) is 11.3. The van der Waals surface area contributed by atoms with E-state index in [4.69, 9.17) is 10.3 Å². The monoisotopic (exact) mass is 283 g/mol. The Hall–Kier alpha value is -2.53. The molecule has 3 aromatic rings. The number of benzene rings is 2. The third kappa shape index (κ3) is 2.98. The Labute approximate surface area is 121 Å². The molecule has 0 unspecified atom stereocenters. The minimum atomic E-state index is -0.329. The van der Waals surface area contributed by atoms with Crippen molar-refractivity contribution in [2.24, 2.45) is 5.73 Å². The summed E-state index contributed by atoms with van der Waals surface area (Å²) in [5, 5.41) is 3.89. The molecule has 4 nitrogen and oxygen atoms in total. The zero-order valence-electron chi connectivity index (χ0n) is 11.3. The maximum Gasteiger partial charge on any atom is 0.258 e. The minimum absolute atomic E-state index is 0.329. The highest BCUT2D eigenvalue weighted by molar-refractivity contribution is 5.59. The van der Waals surface area contributed by atoms with E-state index in [-0.39, 0.29) is 5.82 Å². The summed E-state index contributed by atoms with van der Waals surface area (Å²) in [7, 11) is 0. The number of aromatic nitrogens is 2. The van der Waals surface area contributed by atoms with Crippen LogP contribution < -0.4 is 5.73 Å². The van der Waals surface area contributed by atoms with Crippen molar-refractivity contribution in [3.8, 4) is 22.8 Å². The smallest absolute Gasteiger partial charge is 0.258 e. The second-order valence-electron chi connectivity index (χ2n) is 4.67. The van der Waals surface area contributed by atoms with Gasteiger partial charge in [-0.2, -0.15) is 4.98 Å². The van der Waals surface area contributed by atoms with E-state index in [9.17, 15) is 4.39 Å².